The van der Waals surface area contributed by atoms with Crippen molar-refractivity contribution in [2.45, 2.75) is 0 Å². The summed E-state index contributed by atoms with van der Waals surface area (Å²) in [6.07, 6.45) is 0. The quantitative estimate of drug-likeness (QED) is 0.526. The van der Waals surface area contributed by atoms with Gasteiger partial charge >= 0.3 is 0 Å². The Balaban J connectivity index is 3.15. The molecule has 2 nitrogen and oxygen atoms in total. The van der Waals surface area contributed by atoms with E-state index in [0.717, 1.165) is 6.07 Å². The van der Waals surface area contributed by atoms with Crippen molar-refractivity contribution in [2.24, 2.45) is 5.18 Å². The molecule has 0 spiro atoms. The van der Waals surface area contributed by atoms with Gasteiger partial charge in [0, 0.05) is 6.07 Å². The van der Waals surface area contributed by atoms with Crippen molar-refractivity contribution >= 4 is 5.69 Å². The van der Waals surface area contributed by atoms with Gasteiger partial charge in [-0.2, -0.15) is 0 Å². The summed E-state index contributed by atoms with van der Waals surface area (Å²) >= 11 is 0. The Morgan fingerprint density at radius 1 is 1.67 bits per heavy atom. The molecular formula is C6H3FNO. The number of hydrogen-bond donors (Lipinski definition) is 0. The van der Waals surface area contributed by atoms with Crippen molar-refractivity contribution in [3.05, 3.63) is 35.0 Å². The molecule has 1 radical (unpaired) electrons. The van der Waals surface area contributed by atoms with Gasteiger partial charge in [0.2, 0.25) is 0 Å². The fourth-order valence-electron chi connectivity index (χ4n) is 0.477. The normalized spacial score (nSPS) is 9.00. The third-order valence-corrected chi connectivity index (χ3v) is 0.876. The Kier molecular flexibility index (Phi) is 1.53. The van der Waals surface area contributed by atoms with Gasteiger partial charge in [0.25, 0.3) is 0 Å². The molecule has 0 aliphatic carbocycles. The number of halogens is 1. The molecule has 0 aromatic heterocycles. The van der Waals surface area contributed by atoms with Gasteiger partial charge < -0.3 is 0 Å². The lowest BCUT2D eigenvalue weighted by molar-refractivity contribution is 0.629. The van der Waals surface area contributed by atoms with Crippen molar-refractivity contribution < 1.29 is 4.39 Å². The van der Waals surface area contributed by atoms with Crippen LogP contribution in [0.25, 0.3) is 0 Å². The zero-order valence-corrected chi connectivity index (χ0v) is 4.47. The van der Waals surface area contributed by atoms with E-state index in [-0.39, 0.29) is 5.69 Å². The molecule has 0 saturated heterocycles. The highest BCUT2D eigenvalue weighted by Gasteiger charge is 1.96. The lowest BCUT2D eigenvalue weighted by Crippen LogP contribution is -1.70. The van der Waals surface area contributed by atoms with Crippen LogP contribution in [-0.4, -0.2) is 0 Å². The van der Waals surface area contributed by atoms with Gasteiger partial charge in [0.1, 0.15) is 0 Å². The summed E-state index contributed by atoms with van der Waals surface area (Å²) < 4.78 is 12.3. The Labute approximate surface area is 51.3 Å². The topological polar surface area (TPSA) is 29.4 Å². The Bertz CT molecular complexity index is 224. The highest BCUT2D eigenvalue weighted by Crippen LogP contribution is 2.13. The van der Waals surface area contributed by atoms with Crippen LogP contribution in [0.4, 0.5) is 10.1 Å². The van der Waals surface area contributed by atoms with Crippen molar-refractivity contribution in [3.8, 4) is 0 Å². The van der Waals surface area contributed by atoms with E-state index >= 15 is 0 Å². The smallest absolute Gasteiger partial charge is 0.153 e. The molecular weight excluding hydrogens is 121 g/mol. The maximum absolute atomic E-state index is 12.3. The molecule has 0 unspecified atom stereocenters. The third kappa shape index (κ3) is 1.10. The van der Waals surface area contributed by atoms with Crippen LogP contribution in [0.5, 0.6) is 0 Å². The summed E-state index contributed by atoms with van der Waals surface area (Å²) in [5.74, 6) is -0.632. The standard InChI is InChI=1S/C6H3FNO/c7-5-3-1-2-4-6(5)8-9/h1-3H. The van der Waals surface area contributed by atoms with Crippen LogP contribution < -0.4 is 0 Å². The predicted molar refractivity (Wildman–Crippen MR) is 30.7 cm³/mol. The Morgan fingerprint density at radius 2 is 2.44 bits per heavy atom. The lowest BCUT2D eigenvalue weighted by atomic mass is 10.3. The molecule has 1 rings (SSSR count). The first-order valence-electron chi connectivity index (χ1n) is 2.34. The molecule has 0 fully saturated rings. The van der Waals surface area contributed by atoms with Gasteiger partial charge in [0.05, 0.1) is 0 Å². The molecule has 0 aliphatic rings. The molecule has 45 valence electrons. The van der Waals surface area contributed by atoms with Gasteiger partial charge in [-0.1, -0.05) is 12.1 Å². The lowest BCUT2D eigenvalue weighted by Gasteiger charge is -1.86. The molecule has 0 heterocycles. The van der Waals surface area contributed by atoms with E-state index in [4.69, 9.17) is 0 Å². The third-order valence-electron chi connectivity index (χ3n) is 0.876. The zero-order valence-electron chi connectivity index (χ0n) is 4.47. The largest absolute Gasteiger partial charge is 0.204 e. The number of rotatable bonds is 1. The average molecular weight is 124 g/mol. The Hall–Kier alpha value is -1.25. The number of nitrogens with zero attached hydrogens (tertiary/aromatic N) is 1. The molecule has 3 heteroatoms. The van der Waals surface area contributed by atoms with Crippen LogP contribution in [0.3, 0.4) is 0 Å². The Morgan fingerprint density at radius 3 is 2.89 bits per heavy atom. The minimum Gasteiger partial charge on any atom is -0.204 e. The molecule has 0 N–H and O–H groups in total. The van der Waals surface area contributed by atoms with Gasteiger partial charge in [0.15, 0.2) is 11.5 Å². The van der Waals surface area contributed by atoms with Gasteiger partial charge in [-0.25, -0.2) is 4.39 Å². The van der Waals surface area contributed by atoms with E-state index in [1.807, 2.05) is 0 Å². The second-order valence-electron chi connectivity index (χ2n) is 1.46. The minimum atomic E-state index is -0.632. The molecule has 1 aromatic rings. The van der Waals surface area contributed by atoms with Crippen LogP contribution in [0, 0.1) is 16.8 Å². The SMILES string of the molecule is O=Nc1[c]cccc1F. The number of benzene rings is 1. The van der Waals surface area contributed by atoms with Crippen molar-refractivity contribution in [2.75, 3.05) is 0 Å². The number of hydrogen-bond acceptors (Lipinski definition) is 2. The van der Waals surface area contributed by atoms with Crippen molar-refractivity contribution in [3.63, 3.8) is 0 Å². The first-order chi connectivity index (χ1) is 4.34. The molecule has 0 bridgehead atoms. The summed E-state index contributed by atoms with van der Waals surface area (Å²) in [5.41, 5.74) is -0.266. The first-order valence-corrected chi connectivity index (χ1v) is 2.34. The highest BCUT2D eigenvalue weighted by atomic mass is 19.1. The molecule has 0 atom stereocenters. The van der Waals surface area contributed by atoms with Crippen LogP contribution in [0.2, 0.25) is 0 Å². The van der Waals surface area contributed by atoms with Crippen LogP contribution >= 0.6 is 0 Å². The summed E-state index contributed by atoms with van der Waals surface area (Å²) in [4.78, 5) is 9.71. The first kappa shape index (κ1) is 5.88. The summed E-state index contributed by atoms with van der Waals surface area (Å²) in [5, 5.41) is 2.39. The maximum atomic E-state index is 12.3. The zero-order chi connectivity index (χ0) is 6.69. The molecule has 1 aromatic carbocycles. The summed E-state index contributed by atoms with van der Waals surface area (Å²) in [6, 6.07) is 6.37. The van der Waals surface area contributed by atoms with E-state index in [1.165, 1.54) is 12.1 Å². The molecule has 9 heavy (non-hydrogen) atoms. The predicted octanol–water partition coefficient (Wildman–Crippen LogP) is 2.02. The minimum absolute atomic E-state index is 0.266. The average Bonchev–Trinajstić information content (AvgIpc) is 1.89. The molecule has 0 aliphatic heterocycles. The van der Waals surface area contributed by atoms with Crippen molar-refractivity contribution in [1.29, 1.82) is 0 Å². The second-order valence-corrected chi connectivity index (χ2v) is 1.46. The monoisotopic (exact) mass is 124 g/mol. The van der Waals surface area contributed by atoms with Crippen LogP contribution in [0.1, 0.15) is 0 Å². The van der Waals surface area contributed by atoms with E-state index in [1.54, 1.807) is 0 Å². The molecule has 0 amide bonds. The second kappa shape index (κ2) is 2.35. The fourth-order valence-corrected chi connectivity index (χ4v) is 0.477. The van der Waals surface area contributed by atoms with Crippen molar-refractivity contribution in [1.82, 2.24) is 0 Å². The highest BCUT2D eigenvalue weighted by molar-refractivity contribution is 5.35. The van der Waals surface area contributed by atoms with E-state index < -0.39 is 5.82 Å². The van der Waals surface area contributed by atoms with E-state index in [2.05, 4.69) is 11.2 Å². The maximum Gasteiger partial charge on any atom is 0.153 e. The van der Waals surface area contributed by atoms with Gasteiger partial charge in [-0.05, 0) is 11.2 Å². The van der Waals surface area contributed by atoms with E-state index in [0.29, 0.717) is 0 Å². The number of nitroso groups, excluding NO2 is 1. The summed E-state index contributed by atoms with van der Waals surface area (Å²) in [7, 11) is 0. The summed E-state index contributed by atoms with van der Waals surface area (Å²) in [6.45, 7) is 0. The van der Waals surface area contributed by atoms with Gasteiger partial charge in [-0.15, -0.1) is 4.91 Å². The van der Waals surface area contributed by atoms with E-state index in [9.17, 15) is 9.30 Å². The van der Waals surface area contributed by atoms with Gasteiger partial charge in [-0.3, -0.25) is 0 Å². The van der Waals surface area contributed by atoms with Crippen LogP contribution in [0.15, 0.2) is 23.4 Å². The fraction of sp³-hybridized carbons (Fsp3) is 0. The van der Waals surface area contributed by atoms with Crippen LogP contribution in [-0.2, 0) is 0 Å². The molecule has 0 saturated carbocycles.